The van der Waals surface area contributed by atoms with Gasteiger partial charge in [0, 0.05) is 0 Å². The first-order valence-electron chi connectivity index (χ1n) is 10.4. The van der Waals surface area contributed by atoms with Gasteiger partial charge >= 0.3 is 0 Å². The fourth-order valence-corrected chi connectivity index (χ4v) is 4.53. The first kappa shape index (κ1) is 23.1. The summed E-state index contributed by atoms with van der Waals surface area (Å²) >= 11 is 0. The van der Waals surface area contributed by atoms with Gasteiger partial charge in [-0.25, -0.2) is 13.8 Å². The summed E-state index contributed by atoms with van der Waals surface area (Å²) < 4.78 is 42.4. The average molecular weight is 482 g/mol. The molecule has 10 heteroatoms. The fourth-order valence-electron chi connectivity index (χ4n) is 3.35. The highest BCUT2D eigenvalue weighted by Gasteiger charge is 2.29. The lowest BCUT2D eigenvalue weighted by molar-refractivity contribution is -0.121. The Morgan fingerprint density at radius 1 is 1.03 bits per heavy atom. The third kappa shape index (κ3) is 5.46. The van der Waals surface area contributed by atoms with E-state index < -0.39 is 22.0 Å². The van der Waals surface area contributed by atoms with Crippen molar-refractivity contribution in [2.75, 3.05) is 17.4 Å². The van der Waals surface area contributed by atoms with Crippen molar-refractivity contribution in [3.05, 3.63) is 78.4 Å². The topological polar surface area (TPSA) is 107 Å². The molecule has 1 aliphatic rings. The van der Waals surface area contributed by atoms with E-state index >= 15 is 0 Å². The Bertz CT molecular complexity index is 1290. The Hall–Kier alpha value is -4.05. The molecule has 1 heterocycles. The van der Waals surface area contributed by atoms with Crippen molar-refractivity contribution in [1.82, 2.24) is 5.43 Å². The van der Waals surface area contributed by atoms with E-state index in [4.69, 9.17) is 14.2 Å². The lowest BCUT2D eigenvalue weighted by atomic mass is 10.2. The summed E-state index contributed by atoms with van der Waals surface area (Å²) in [5.74, 6) is 1.83. The van der Waals surface area contributed by atoms with Crippen LogP contribution in [0.2, 0.25) is 0 Å². The number of carbonyl (C=O) groups is 1. The number of para-hydroxylation sites is 1. The zero-order valence-electron chi connectivity index (χ0n) is 18.5. The number of hydrogen-bond donors (Lipinski definition) is 1. The molecule has 0 aromatic heterocycles. The van der Waals surface area contributed by atoms with E-state index in [0.29, 0.717) is 34.2 Å². The molecule has 0 saturated heterocycles. The van der Waals surface area contributed by atoms with Gasteiger partial charge in [0.2, 0.25) is 16.8 Å². The summed E-state index contributed by atoms with van der Waals surface area (Å²) in [7, 11) is -3.77. The van der Waals surface area contributed by atoms with E-state index in [-0.39, 0.29) is 6.79 Å². The zero-order valence-corrected chi connectivity index (χ0v) is 19.4. The molecule has 0 radical (unpaired) electrons. The third-order valence-corrected chi connectivity index (χ3v) is 6.19. The normalized spacial score (nSPS) is 13.5. The molecule has 1 N–H and O–H groups in total. The fraction of sp³-hybridized carbons (Fsp3) is 0.167. The molecule has 1 aliphatic heterocycles. The maximum absolute atomic E-state index is 12.7. The van der Waals surface area contributed by atoms with E-state index in [2.05, 4.69) is 10.5 Å². The second-order valence-electron chi connectivity index (χ2n) is 7.49. The van der Waals surface area contributed by atoms with Gasteiger partial charge < -0.3 is 14.2 Å². The van der Waals surface area contributed by atoms with Gasteiger partial charge in [-0.05, 0) is 67.1 Å². The number of fused-ring (bicyclic) bond motifs is 1. The van der Waals surface area contributed by atoms with Crippen LogP contribution in [0, 0.1) is 0 Å². The second kappa shape index (κ2) is 9.84. The number of ether oxygens (including phenoxy) is 3. The van der Waals surface area contributed by atoms with Crippen molar-refractivity contribution in [2.45, 2.75) is 13.0 Å². The van der Waals surface area contributed by atoms with Gasteiger partial charge in [-0.15, -0.1) is 0 Å². The third-order valence-electron chi connectivity index (χ3n) is 4.94. The van der Waals surface area contributed by atoms with Crippen LogP contribution < -0.4 is 23.9 Å². The zero-order chi connectivity index (χ0) is 24.1. The molecule has 0 bridgehead atoms. The molecule has 0 saturated carbocycles. The number of carbonyl (C=O) groups excluding carboxylic acids is 1. The van der Waals surface area contributed by atoms with Crippen LogP contribution in [0.15, 0.2) is 77.9 Å². The Balaban J connectivity index is 1.44. The number of benzene rings is 3. The van der Waals surface area contributed by atoms with E-state index in [1.807, 2.05) is 30.3 Å². The summed E-state index contributed by atoms with van der Waals surface area (Å²) in [4.78, 5) is 12.7. The van der Waals surface area contributed by atoms with Gasteiger partial charge in [0.25, 0.3) is 5.91 Å². The van der Waals surface area contributed by atoms with Crippen molar-refractivity contribution < 1.29 is 27.4 Å². The molecule has 1 atom stereocenters. The smallest absolute Gasteiger partial charge is 0.263 e. The quantitative estimate of drug-likeness (QED) is 0.390. The number of sulfonamides is 1. The van der Waals surface area contributed by atoms with Crippen molar-refractivity contribution in [3.8, 4) is 23.0 Å². The Morgan fingerprint density at radius 2 is 1.71 bits per heavy atom. The highest BCUT2D eigenvalue weighted by Crippen LogP contribution is 2.32. The van der Waals surface area contributed by atoms with Gasteiger partial charge in [-0.1, -0.05) is 18.2 Å². The monoisotopic (exact) mass is 481 g/mol. The lowest BCUT2D eigenvalue weighted by Crippen LogP contribution is -2.46. The molecule has 3 aromatic carbocycles. The molecular formula is C24H23N3O6S. The number of nitrogens with zero attached hydrogens (tertiary/aromatic N) is 2. The minimum Gasteiger partial charge on any atom is -0.457 e. The molecule has 4 rings (SSSR count). The SMILES string of the molecule is C[C@H](C(=O)N/N=C\c1ccc2c(c1)OCO2)N(c1ccc(Oc2ccccc2)cc1)S(C)(=O)=O. The molecule has 34 heavy (non-hydrogen) atoms. The second-order valence-corrected chi connectivity index (χ2v) is 9.35. The predicted octanol–water partition coefficient (Wildman–Crippen LogP) is 3.51. The van der Waals surface area contributed by atoms with Gasteiger partial charge in [-0.2, -0.15) is 5.10 Å². The van der Waals surface area contributed by atoms with Crippen LogP contribution in [0.4, 0.5) is 5.69 Å². The Labute approximate surface area is 197 Å². The molecule has 176 valence electrons. The van der Waals surface area contributed by atoms with Crippen molar-refractivity contribution in [2.24, 2.45) is 5.10 Å². The Kier molecular flexibility index (Phi) is 6.69. The number of amides is 1. The summed E-state index contributed by atoms with van der Waals surface area (Å²) in [6, 6.07) is 19.8. The molecule has 3 aromatic rings. The molecule has 0 fully saturated rings. The largest absolute Gasteiger partial charge is 0.457 e. The van der Waals surface area contributed by atoms with Crippen LogP contribution in [-0.4, -0.2) is 39.6 Å². The van der Waals surface area contributed by atoms with E-state index in [1.165, 1.54) is 13.1 Å². The highest BCUT2D eigenvalue weighted by molar-refractivity contribution is 7.92. The maximum atomic E-state index is 12.7. The first-order valence-corrected chi connectivity index (χ1v) is 12.2. The number of hydrazone groups is 1. The minimum absolute atomic E-state index is 0.158. The van der Waals surface area contributed by atoms with Gasteiger partial charge in [0.05, 0.1) is 18.2 Å². The van der Waals surface area contributed by atoms with Gasteiger partial charge in [0.15, 0.2) is 11.5 Å². The van der Waals surface area contributed by atoms with Crippen molar-refractivity contribution >= 4 is 27.8 Å². The summed E-state index contributed by atoms with van der Waals surface area (Å²) in [5.41, 5.74) is 3.40. The average Bonchev–Trinajstić information content (AvgIpc) is 3.28. The Morgan fingerprint density at radius 3 is 2.41 bits per heavy atom. The molecule has 0 unspecified atom stereocenters. The summed E-state index contributed by atoms with van der Waals surface area (Å²) in [5, 5.41) is 3.94. The number of nitrogens with one attached hydrogen (secondary N) is 1. The van der Waals surface area contributed by atoms with Crippen molar-refractivity contribution in [1.29, 1.82) is 0 Å². The number of hydrogen-bond acceptors (Lipinski definition) is 7. The summed E-state index contributed by atoms with van der Waals surface area (Å²) in [6.45, 7) is 1.64. The van der Waals surface area contributed by atoms with E-state index in [0.717, 1.165) is 10.6 Å². The van der Waals surface area contributed by atoms with Crippen LogP contribution in [0.3, 0.4) is 0 Å². The summed E-state index contributed by atoms with van der Waals surface area (Å²) in [6.07, 6.45) is 2.48. The van der Waals surface area contributed by atoms with Crippen LogP contribution in [0.25, 0.3) is 0 Å². The molecule has 9 nitrogen and oxygen atoms in total. The maximum Gasteiger partial charge on any atom is 0.263 e. The van der Waals surface area contributed by atoms with E-state index in [9.17, 15) is 13.2 Å². The molecule has 0 spiro atoms. The molecular weight excluding hydrogens is 458 g/mol. The number of anilines is 1. The lowest BCUT2D eigenvalue weighted by Gasteiger charge is -2.27. The van der Waals surface area contributed by atoms with Crippen LogP contribution in [0.1, 0.15) is 12.5 Å². The van der Waals surface area contributed by atoms with Gasteiger partial charge in [-0.3, -0.25) is 9.10 Å². The molecule has 0 aliphatic carbocycles. The standard InChI is InChI=1S/C24H23N3O6S/c1-17(24(28)26-25-15-18-8-13-22-23(14-18)32-16-31-22)27(34(2,29)30)19-9-11-21(12-10-19)33-20-6-4-3-5-7-20/h3-15,17H,16H2,1-2H3,(H,26,28)/b25-15-/t17-/m1/s1. The van der Waals surface area contributed by atoms with Crippen molar-refractivity contribution in [3.63, 3.8) is 0 Å². The van der Waals surface area contributed by atoms with Crippen LogP contribution >= 0.6 is 0 Å². The number of rotatable bonds is 8. The van der Waals surface area contributed by atoms with Crippen LogP contribution in [-0.2, 0) is 14.8 Å². The minimum atomic E-state index is -3.77. The molecule has 1 amide bonds. The highest BCUT2D eigenvalue weighted by atomic mass is 32.2. The first-order chi connectivity index (χ1) is 16.3. The van der Waals surface area contributed by atoms with Crippen LogP contribution in [0.5, 0.6) is 23.0 Å². The van der Waals surface area contributed by atoms with E-state index in [1.54, 1.807) is 42.5 Å². The predicted molar refractivity (Wildman–Crippen MR) is 128 cm³/mol. The van der Waals surface area contributed by atoms with Gasteiger partial charge in [0.1, 0.15) is 17.5 Å².